The number of Topliss-reactive ketones (excluding diaryl/α,β-unsaturated/α-hetero) is 1. The topological polar surface area (TPSA) is 99.7 Å². The first kappa shape index (κ1) is 19.8. The van der Waals surface area contributed by atoms with Gasteiger partial charge in [0.15, 0.2) is 5.78 Å². The molecule has 0 aliphatic heterocycles. The number of benzene rings is 2. The zero-order valence-electron chi connectivity index (χ0n) is 15.5. The maximum Gasteiger partial charge on any atom is 0.342 e. The smallest absolute Gasteiger partial charge is 0.342 e. The molecule has 0 amide bonds. The van der Waals surface area contributed by atoms with E-state index in [1.54, 1.807) is 61.5 Å². The van der Waals surface area contributed by atoms with Gasteiger partial charge in [-0.25, -0.2) is 4.79 Å². The predicted molar refractivity (Wildman–Crippen MR) is 106 cm³/mol. The number of para-hydroxylation sites is 1. The summed E-state index contributed by atoms with van der Waals surface area (Å²) in [4.78, 5) is 35.9. The molecule has 0 atom stereocenters. The van der Waals surface area contributed by atoms with Crippen LogP contribution in [0.4, 0.5) is 5.69 Å². The van der Waals surface area contributed by atoms with Crippen LogP contribution < -0.4 is 0 Å². The maximum absolute atomic E-state index is 12.8. The van der Waals surface area contributed by atoms with Crippen LogP contribution >= 0.6 is 0 Å². The van der Waals surface area contributed by atoms with Gasteiger partial charge in [0.25, 0.3) is 5.69 Å². The molecular formula is C22H17NO6. The van der Waals surface area contributed by atoms with Crippen LogP contribution in [0.3, 0.4) is 0 Å². The molecule has 3 rings (SSSR count). The van der Waals surface area contributed by atoms with E-state index in [9.17, 15) is 19.7 Å². The first-order chi connectivity index (χ1) is 14.0. The van der Waals surface area contributed by atoms with Crippen molar-refractivity contribution in [1.82, 2.24) is 0 Å². The highest BCUT2D eigenvalue weighted by Gasteiger charge is 2.22. The summed E-state index contributed by atoms with van der Waals surface area (Å²) >= 11 is 0. The number of rotatable bonds is 7. The summed E-state index contributed by atoms with van der Waals surface area (Å²) < 4.78 is 10.7. The number of carbonyl (C=O) groups excluding carboxylic acids is 2. The fourth-order valence-electron chi connectivity index (χ4n) is 2.73. The van der Waals surface area contributed by atoms with E-state index in [-0.39, 0.29) is 29.4 Å². The summed E-state index contributed by atoms with van der Waals surface area (Å²) in [5.74, 6) is -0.831. The second-order valence-electron chi connectivity index (χ2n) is 5.95. The fraction of sp³-hybridized carbons (Fsp3) is 0.0909. The van der Waals surface area contributed by atoms with Crippen molar-refractivity contribution < 1.29 is 23.7 Å². The van der Waals surface area contributed by atoms with Gasteiger partial charge in [0.1, 0.15) is 17.1 Å². The highest BCUT2D eigenvalue weighted by Crippen LogP contribution is 2.31. The van der Waals surface area contributed by atoms with Crippen molar-refractivity contribution in [1.29, 1.82) is 0 Å². The maximum atomic E-state index is 12.8. The molecule has 7 heteroatoms. The van der Waals surface area contributed by atoms with Gasteiger partial charge in [-0.05, 0) is 31.2 Å². The fourth-order valence-corrected chi connectivity index (χ4v) is 2.73. The molecule has 1 heterocycles. The van der Waals surface area contributed by atoms with Crippen LogP contribution in [0, 0.1) is 10.1 Å². The molecule has 0 unspecified atom stereocenters. The van der Waals surface area contributed by atoms with Crippen LogP contribution in [0.25, 0.3) is 17.4 Å². The lowest BCUT2D eigenvalue weighted by Gasteiger charge is -2.06. The predicted octanol–water partition coefficient (Wildman–Crippen LogP) is 4.68. The van der Waals surface area contributed by atoms with Crippen molar-refractivity contribution in [3.05, 3.63) is 93.7 Å². The number of esters is 1. The highest BCUT2D eigenvalue weighted by atomic mass is 16.6. The number of hydrogen-bond donors (Lipinski definition) is 0. The normalized spacial score (nSPS) is 11.1. The van der Waals surface area contributed by atoms with E-state index in [0.29, 0.717) is 11.1 Å². The van der Waals surface area contributed by atoms with Crippen molar-refractivity contribution in [3.8, 4) is 11.3 Å². The molecule has 1 aromatic heterocycles. The van der Waals surface area contributed by atoms with Crippen molar-refractivity contribution in [2.75, 3.05) is 6.61 Å². The molecule has 0 bridgehead atoms. The largest absolute Gasteiger partial charge is 0.462 e. The molecule has 0 aliphatic carbocycles. The van der Waals surface area contributed by atoms with Gasteiger partial charge in [0.2, 0.25) is 0 Å². The van der Waals surface area contributed by atoms with Gasteiger partial charge in [-0.3, -0.25) is 14.9 Å². The molecule has 0 fully saturated rings. The molecule has 0 aliphatic rings. The molecule has 0 saturated carbocycles. The van der Waals surface area contributed by atoms with E-state index < -0.39 is 16.7 Å². The Morgan fingerprint density at radius 2 is 1.72 bits per heavy atom. The molecule has 0 spiro atoms. The Morgan fingerprint density at radius 3 is 2.41 bits per heavy atom. The van der Waals surface area contributed by atoms with Gasteiger partial charge in [0, 0.05) is 11.6 Å². The molecule has 7 nitrogen and oxygen atoms in total. The number of nitro benzene ring substituents is 1. The second-order valence-corrected chi connectivity index (χ2v) is 5.95. The lowest BCUT2D eigenvalue weighted by molar-refractivity contribution is -0.384. The van der Waals surface area contributed by atoms with Crippen molar-refractivity contribution >= 4 is 23.5 Å². The highest BCUT2D eigenvalue weighted by molar-refractivity contribution is 6.26. The second kappa shape index (κ2) is 8.79. The van der Waals surface area contributed by atoms with Crippen LogP contribution in [0.5, 0.6) is 0 Å². The third-order valence-corrected chi connectivity index (χ3v) is 4.06. The molecule has 146 valence electrons. The number of hydrogen-bond acceptors (Lipinski definition) is 6. The van der Waals surface area contributed by atoms with E-state index in [1.807, 2.05) is 0 Å². The Bertz CT molecular complexity index is 1080. The van der Waals surface area contributed by atoms with Crippen molar-refractivity contribution in [2.24, 2.45) is 0 Å². The number of ether oxygens (including phenoxy) is 1. The van der Waals surface area contributed by atoms with Gasteiger partial charge in [-0.15, -0.1) is 0 Å². The summed E-state index contributed by atoms with van der Waals surface area (Å²) in [5.41, 5.74) is 0.325. The SMILES string of the molecule is CCOC(=O)/C(=C/c1ccc(-c2ccccc2[N+](=O)[O-])o1)C(=O)c1ccccc1. The number of ketones is 1. The average Bonchev–Trinajstić information content (AvgIpc) is 3.21. The number of nitrogens with zero attached hydrogens (tertiary/aromatic N) is 1. The third kappa shape index (κ3) is 4.47. The number of carbonyl (C=O) groups is 2. The average molecular weight is 391 g/mol. The third-order valence-electron chi connectivity index (χ3n) is 4.06. The van der Waals surface area contributed by atoms with Crippen molar-refractivity contribution in [3.63, 3.8) is 0 Å². The van der Waals surface area contributed by atoms with E-state index in [2.05, 4.69) is 0 Å². The van der Waals surface area contributed by atoms with Gasteiger partial charge in [-0.1, -0.05) is 42.5 Å². The minimum absolute atomic E-state index is 0.108. The van der Waals surface area contributed by atoms with E-state index in [1.165, 1.54) is 18.2 Å². The molecule has 0 N–H and O–H groups in total. The molecule has 29 heavy (non-hydrogen) atoms. The van der Waals surface area contributed by atoms with Crippen LogP contribution in [0.2, 0.25) is 0 Å². The monoisotopic (exact) mass is 391 g/mol. The summed E-state index contributed by atoms with van der Waals surface area (Å²) in [7, 11) is 0. The Kier molecular flexibility index (Phi) is 5.99. The van der Waals surface area contributed by atoms with Crippen LogP contribution in [0.15, 0.2) is 76.7 Å². The molecular weight excluding hydrogens is 374 g/mol. The first-order valence-electron chi connectivity index (χ1n) is 8.83. The van der Waals surface area contributed by atoms with Crippen LogP contribution in [-0.2, 0) is 9.53 Å². The Labute approximate surface area is 166 Å². The summed E-state index contributed by atoms with van der Waals surface area (Å²) in [6.45, 7) is 1.75. The Hall–Kier alpha value is -4.00. The van der Waals surface area contributed by atoms with Gasteiger partial charge in [0.05, 0.1) is 17.1 Å². The van der Waals surface area contributed by atoms with E-state index in [4.69, 9.17) is 9.15 Å². The molecule has 2 aromatic carbocycles. The first-order valence-corrected chi connectivity index (χ1v) is 8.83. The molecule has 0 radical (unpaired) electrons. The lowest BCUT2D eigenvalue weighted by atomic mass is 10.0. The van der Waals surface area contributed by atoms with Gasteiger partial charge in [-0.2, -0.15) is 0 Å². The van der Waals surface area contributed by atoms with E-state index >= 15 is 0 Å². The number of nitro groups is 1. The molecule has 0 saturated heterocycles. The van der Waals surface area contributed by atoms with Gasteiger partial charge < -0.3 is 9.15 Å². The van der Waals surface area contributed by atoms with Crippen LogP contribution in [0.1, 0.15) is 23.0 Å². The van der Waals surface area contributed by atoms with Crippen LogP contribution in [-0.4, -0.2) is 23.3 Å². The summed E-state index contributed by atoms with van der Waals surface area (Å²) in [5, 5.41) is 11.2. The number of furan rings is 1. The quantitative estimate of drug-likeness (QED) is 0.110. The summed E-state index contributed by atoms with van der Waals surface area (Å²) in [6.07, 6.45) is 1.28. The van der Waals surface area contributed by atoms with Gasteiger partial charge >= 0.3 is 5.97 Å². The standard InChI is InChI=1S/C22H17NO6/c1-2-28-22(25)18(21(24)15-8-4-3-5-9-15)14-16-12-13-20(29-16)17-10-6-7-11-19(17)23(26)27/h3-14H,2H2,1H3/b18-14+. The Balaban J connectivity index is 2.01. The van der Waals surface area contributed by atoms with E-state index in [0.717, 1.165) is 0 Å². The minimum atomic E-state index is -0.773. The minimum Gasteiger partial charge on any atom is -0.462 e. The zero-order chi connectivity index (χ0) is 20.8. The van der Waals surface area contributed by atoms with Crippen molar-refractivity contribution in [2.45, 2.75) is 6.92 Å². The lowest BCUT2D eigenvalue weighted by Crippen LogP contribution is -2.16. The zero-order valence-corrected chi connectivity index (χ0v) is 15.5. The Morgan fingerprint density at radius 1 is 1.03 bits per heavy atom. The summed E-state index contributed by atoms with van der Waals surface area (Å²) in [6, 6.07) is 17.6. The molecule has 3 aromatic rings.